The number of aryl methyl sites for hydroxylation is 1. The monoisotopic (exact) mass is 1100 g/mol. The fraction of sp³-hybridized carbons (Fsp3) is 0.400. The van der Waals surface area contributed by atoms with E-state index in [9.17, 15) is 47.5 Å². The first-order chi connectivity index (χ1) is 36.3. The molecule has 3 atom stereocenters. The second kappa shape index (κ2) is 22.0. The molecule has 3 aromatic carbocycles. The summed E-state index contributed by atoms with van der Waals surface area (Å²) < 4.78 is 72.5. The lowest BCUT2D eigenvalue weighted by atomic mass is 9.80. The molecule has 0 radical (unpaired) electrons. The van der Waals surface area contributed by atoms with Gasteiger partial charge in [-0.2, -0.15) is 18.4 Å². The Hall–Kier alpha value is -7.22. The first-order valence-electron chi connectivity index (χ1n) is 24.9. The second-order valence-electron chi connectivity index (χ2n) is 21.2. The molecule has 77 heavy (non-hydrogen) atoms. The molecule has 0 spiro atoms. The van der Waals surface area contributed by atoms with Gasteiger partial charge in [-0.1, -0.05) is 51.1 Å². The van der Waals surface area contributed by atoms with Crippen LogP contribution in [0.1, 0.15) is 99.5 Å². The van der Waals surface area contributed by atoms with E-state index in [-0.39, 0.29) is 65.5 Å². The Morgan fingerprint density at radius 1 is 0.935 bits per heavy atom. The van der Waals surface area contributed by atoms with Crippen LogP contribution in [0.4, 0.5) is 33.3 Å². The van der Waals surface area contributed by atoms with Gasteiger partial charge in [-0.25, -0.2) is 13.8 Å². The Balaban J connectivity index is 0.830. The summed E-state index contributed by atoms with van der Waals surface area (Å²) in [7, 11) is 0. The molecule has 3 aliphatic rings. The molecule has 4 N–H and O–H groups in total. The molecular weight excluding hydrogens is 1040 g/mol. The predicted octanol–water partition coefficient (Wildman–Crippen LogP) is 8.61. The lowest BCUT2D eigenvalue weighted by Crippen LogP contribution is -2.58. The van der Waals surface area contributed by atoms with Crippen molar-refractivity contribution in [2.75, 3.05) is 22.9 Å². The van der Waals surface area contributed by atoms with Crippen molar-refractivity contribution < 1.29 is 51.0 Å². The normalized spacial score (nSPS) is 20.0. The summed E-state index contributed by atoms with van der Waals surface area (Å²) in [5, 5.41) is 28.2. The van der Waals surface area contributed by atoms with Crippen LogP contribution in [-0.2, 0) is 31.9 Å². The van der Waals surface area contributed by atoms with Gasteiger partial charge in [0, 0.05) is 37.5 Å². The number of hydrogen-bond acceptors (Lipinski definition) is 11. The van der Waals surface area contributed by atoms with E-state index in [0.29, 0.717) is 30.6 Å². The molecular formula is C55H56F5N9O6S2. The van der Waals surface area contributed by atoms with Gasteiger partial charge >= 0.3 is 6.18 Å². The van der Waals surface area contributed by atoms with Crippen LogP contribution in [0.3, 0.4) is 0 Å². The van der Waals surface area contributed by atoms with E-state index in [1.54, 1.807) is 16.8 Å². The number of nitriles is 1. The lowest BCUT2D eigenvalue weighted by molar-refractivity contribution is -0.144. The minimum absolute atomic E-state index is 0.0183. The van der Waals surface area contributed by atoms with Gasteiger partial charge in [0.05, 0.1) is 62.6 Å². The Morgan fingerprint density at radius 3 is 2.22 bits per heavy atom. The van der Waals surface area contributed by atoms with Crippen molar-refractivity contribution >= 4 is 69.6 Å². The molecule has 8 rings (SSSR count). The molecule has 3 fully saturated rings. The molecule has 5 amide bonds. The number of aliphatic hydroxyl groups is 1. The molecule has 1 aliphatic carbocycles. The van der Waals surface area contributed by atoms with E-state index in [1.807, 2.05) is 52.0 Å². The van der Waals surface area contributed by atoms with Crippen LogP contribution < -0.4 is 25.8 Å². The smallest absolute Gasteiger partial charge is 0.391 e. The molecule has 2 aliphatic heterocycles. The zero-order valence-electron chi connectivity index (χ0n) is 42.9. The van der Waals surface area contributed by atoms with Crippen molar-refractivity contribution in [3.63, 3.8) is 0 Å². The van der Waals surface area contributed by atoms with Crippen molar-refractivity contribution in [1.82, 2.24) is 30.8 Å². The number of aliphatic hydroxyl groups excluding tert-OH is 1. The average molecular weight is 1100 g/mol. The number of pyridine rings is 1. The molecule has 2 aromatic heterocycles. The number of thiocarbonyl (C=S) groups is 1. The molecule has 2 saturated heterocycles. The van der Waals surface area contributed by atoms with Crippen molar-refractivity contribution in [2.24, 2.45) is 17.3 Å². The summed E-state index contributed by atoms with van der Waals surface area (Å²) in [5.41, 5.74) is -0.699. The number of nitrogens with one attached hydrogen (secondary N) is 3. The molecule has 4 heterocycles. The second-order valence-corrected chi connectivity index (χ2v) is 22.4. The van der Waals surface area contributed by atoms with E-state index < -0.39 is 93.3 Å². The van der Waals surface area contributed by atoms with E-state index in [2.05, 4.69) is 25.9 Å². The highest BCUT2D eigenvalue weighted by molar-refractivity contribution is 7.81. The summed E-state index contributed by atoms with van der Waals surface area (Å²) in [5.74, 6) is -5.78. The Labute approximate surface area is 450 Å². The van der Waals surface area contributed by atoms with Gasteiger partial charge in [0.25, 0.3) is 11.8 Å². The van der Waals surface area contributed by atoms with E-state index >= 15 is 8.78 Å². The van der Waals surface area contributed by atoms with E-state index in [4.69, 9.17) is 12.2 Å². The number of hydrogen-bond donors (Lipinski definition) is 4. The lowest BCUT2D eigenvalue weighted by Gasteiger charge is -2.37. The summed E-state index contributed by atoms with van der Waals surface area (Å²) in [4.78, 5) is 81.6. The number of rotatable bonds is 13. The van der Waals surface area contributed by atoms with Gasteiger partial charge in [-0.05, 0) is 118 Å². The molecule has 404 valence electrons. The van der Waals surface area contributed by atoms with E-state index in [0.717, 1.165) is 39.9 Å². The minimum atomic E-state index is -5.24. The van der Waals surface area contributed by atoms with Gasteiger partial charge in [-0.15, -0.1) is 11.3 Å². The third kappa shape index (κ3) is 11.6. The van der Waals surface area contributed by atoms with Gasteiger partial charge in [0.2, 0.25) is 17.7 Å². The zero-order chi connectivity index (χ0) is 55.9. The number of aromatic nitrogens is 2. The molecule has 22 heteroatoms. The van der Waals surface area contributed by atoms with Crippen LogP contribution >= 0.6 is 23.6 Å². The number of amides is 5. The van der Waals surface area contributed by atoms with Crippen molar-refractivity contribution in [2.45, 2.75) is 110 Å². The molecule has 15 nitrogen and oxygen atoms in total. The number of benzene rings is 3. The Morgan fingerprint density at radius 2 is 1.62 bits per heavy atom. The van der Waals surface area contributed by atoms with Gasteiger partial charge < -0.3 is 30.9 Å². The molecule has 0 unspecified atom stereocenters. The number of likely N-dealkylation sites (tertiary alicyclic amines) is 1. The SMILES string of the molecule is Cc1ncsc1-c1ccc(CNC(=O)[C@@H]2C[C@@H](O)CN2C(=O)[C@@H](NC(=O)C2CCC(CNC(=O)c3ccc(-c4ccc(N5C(=S)N(c6ccc(C#N)c(C(F)(F)F)c6F)C(=O)C5(C)C)cn4)cc3F)CC2)C(C)(C)C)cc1. The van der Waals surface area contributed by atoms with Crippen LogP contribution in [0, 0.1) is 47.1 Å². The van der Waals surface area contributed by atoms with Gasteiger partial charge in [-0.3, -0.25) is 33.9 Å². The van der Waals surface area contributed by atoms with Crippen molar-refractivity contribution in [3.8, 4) is 27.8 Å². The van der Waals surface area contributed by atoms with Crippen molar-refractivity contribution in [1.29, 1.82) is 5.26 Å². The van der Waals surface area contributed by atoms with Crippen molar-refractivity contribution in [3.05, 3.63) is 118 Å². The number of anilines is 2. The van der Waals surface area contributed by atoms with Gasteiger partial charge in [0.1, 0.15) is 29.0 Å². The number of carbonyl (C=O) groups is 5. The summed E-state index contributed by atoms with van der Waals surface area (Å²) >= 11 is 7.06. The molecule has 0 bridgehead atoms. The maximum absolute atomic E-state index is 15.6. The number of β-amino-alcohol motifs (C(OH)–C–C–N with tert-alkyl or cyclic N) is 1. The van der Waals surface area contributed by atoms with Gasteiger partial charge in [0.15, 0.2) is 10.9 Å². The first-order valence-corrected chi connectivity index (χ1v) is 26.2. The summed E-state index contributed by atoms with van der Waals surface area (Å²) in [6.45, 7) is 10.7. The fourth-order valence-electron chi connectivity index (χ4n) is 10.1. The Bertz CT molecular complexity index is 3170. The Kier molecular flexibility index (Phi) is 16.0. The maximum atomic E-state index is 15.6. The van der Waals surface area contributed by atoms with E-state index in [1.165, 1.54) is 60.2 Å². The third-order valence-electron chi connectivity index (χ3n) is 14.4. The maximum Gasteiger partial charge on any atom is 0.420 e. The molecule has 1 saturated carbocycles. The van der Waals surface area contributed by atoms with Crippen LogP contribution in [0.2, 0.25) is 0 Å². The quantitative estimate of drug-likeness (QED) is 0.0650. The fourth-order valence-corrected chi connectivity index (χ4v) is 11.4. The highest BCUT2D eigenvalue weighted by Gasteiger charge is 2.52. The van der Waals surface area contributed by atoms with Crippen LogP contribution in [0.5, 0.6) is 0 Å². The zero-order valence-corrected chi connectivity index (χ0v) is 44.6. The predicted molar refractivity (Wildman–Crippen MR) is 282 cm³/mol. The number of alkyl halides is 3. The standard InChI is InChI=1S/C55H56F5N9O6S2/c1-29-45(77-28-65-29)32-11-7-30(8-12-32)25-64-49(73)42-22-37(70)27-67(42)50(74)46(53(2,3)4)66-47(71)33-13-9-31(10-14-33)24-63-48(72)38-18-15-34(21-39(38)56)40-19-17-36(26-62-40)69-52(76)68(51(75)54(69,5)6)41-20-16-35(23-61)43(44(41)57)55(58,59)60/h7-8,11-12,15-21,26,28,31,33,37,42,46,70H,9-10,13-14,22,24-25,27H2,1-6H3,(H,63,72)(H,64,73)(H,66,71)/t31?,33?,37-,42+,46-/m1/s1. The van der Waals surface area contributed by atoms with Crippen LogP contribution in [0.15, 0.2) is 78.4 Å². The number of carbonyl (C=O) groups excluding carboxylic acids is 5. The first kappa shape index (κ1) is 56.0. The largest absolute Gasteiger partial charge is 0.420 e. The molecule has 5 aromatic rings. The minimum Gasteiger partial charge on any atom is -0.391 e. The average Bonchev–Trinajstić information content (AvgIpc) is 4.07. The van der Waals surface area contributed by atoms with Crippen LogP contribution in [0.25, 0.3) is 21.7 Å². The number of nitrogens with zero attached hydrogens (tertiary/aromatic N) is 6. The van der Waals surface area contributed by atoms with Crippen LogP contribution in [-0.4, -0.2) is 91.4 Å². The third-order valence-corrected chi connectivity index (χ3v) is 15.8. The number of halogens is 5. The highest BCUT2D eigenvalue weighted by Crippen LogP contribution is 2.42. The summed E-state index contributed by atoms with van der Waals surface area (Å²) in [6.07, 6.45) is -2.72. The highest BCUT2D eigenvalue weighted by atomic mass is 32.1. The summed E-state index contributed by atoms with van der Waals surface area (Å²) in [6, 6.07) is 15.7. The number of thiazole rings is 1. The topological polar surface area (TPSA) is 201 Å².